The Kier molecular flexibility index (Phi) is 6.38. The number of rotatable bonds is 7. The molecule has 26 heavy (non-hydrogen) atoms. The zero-order chi connectivity index (χ0) is 19.3. The van der Waals surface area contributed by atoms with Crippen LogP contribution in [-0.2, 0) is 11.2 Å². The first-order valence-electron chi connectivity index (χ1n) is 8.42. The summed E-state index contributed by atoms with van der Waals surface area (Å²) >= 11 is 0. The molecule has 0 spiro atoms. The lowest BCUT2D eigenvalue weighted by Crippen LogP contribution is -2.38. The molecule has 0 radical (unpaired) electrons. The highest BCUT2D eigenvalue weighted by Gasteiger charge is 2.18. The lowest BCUT2D eigenvalue weighted by molar-refractivity contribution is -0.123. The van der Waals surface area contributed by atoms with Crippen molar-refractivity contribution in [3.05, 3.63) is 51.7 Å². The predicted molar refractivity (Wildman–Crippen MR) is 98.9 cm³/mol. The molecule has 1 heterocycles. The van der Waals surface area contributed by atoms with Gasteiger partial charge in [0.05, 0.1) is 14.2 Å². The summed E-state index contributed by atoms with van der Waals surface area (Å²) in [6.45, 7) is 5.69. The summed E-state index contributed by atoms with van der Waals surface area (Å²) in [6.07, 6.45) is 0.638. The molecule has 2 rings (SSSR count). The Bertz CT molecular complexity index is 845. The second-order valence-corrected chi connectivity index (χ2v) is 6.10. The van der Waals surface area contributed by atoms with Crippen LogP contribution in [0.2, 0.25) is 0 Å². The Balaban J connectivity index is 2.00. The van der Waals surface area contributed by atoms with Gasteiger partial charge < -0.3 is 14.8 Å². The molecule has 0 saturated heterocycles. The van der Waals surface area contributed by atoms with Crippen LogP contribution in [0.25, 0.3) is 0 Å². The minimum absolute atomic E-state index is 0.221. The lowest BCUT2D eigenvalue weighted by atomic mass is 10.1. The average Bonchev–Trinajstić information content (AvgIpc) is 2.60. The third kappa shape index (κ3) is 4.41. The standard InChI is InChI=1S/C19H25N3O4/c1-12-10-13(2)22(19(24)21-12)14(3)18(23)20-9-8-15-6-7-16(25-4)17(11-15)26-5/h6-7,10-11,14H,8-9H2,1-5H3,(H,20,23). The van der Waals surface area contributed by atoms with Crippen LogP contribution in [0.1, 0.15) is 29.9 Å². The zero-order valence-corrected chi connectivity index (χ0v) is 15.8. The number of aryl methyl sites for hydroxylation is 2. The summed E-state index contributed by atoms with van der Waals surface area (Å²) in [5.41, 5.74) is 1.96. The number of nitrogens with zero attached hydrogens (tertiary/aromatic N) is 2. The van der Waals surface area contributed by atoms with E-state index in [1.807, 2.05) is 18.2 Å². The fourth-order valence-electron chi connectivity index (χ4n) is 2.86. The quantitative estimate of drug-likeness (QED) is 0.815. The van der Waals surface area contributed by atoms with E-state index >= 15 is 0 Å². The topological polar surface area (TPSA) is 82.5 Å². The molecule has 1 unspecified atom stereocenters. The molecule has 0 aliphatic carbocycles. The second kappa shape index (κ2) is 8.51. The summed E-state index contributed by atoms with van der Waals surface area (Å²) in [5.74, 6) is 1.09. The summed E-state index contributed by atoms with van der Waals surface area (Å²) in [5, 5.41) is 2.87. The van der Waals surface area contributed by atoms with Gasteiger partial charge in [0.15, 0.2) is 11.5 Å². The molecule has 1 N–H and O–H groups in total. The predicted octanol–water partition coefficient (Wildman–Crippen LogP) is 1.80. The van der Waals surface area contributed by atoms with Gasteiger partial charge in [-0.3, -0.25) is 9.36 Å². The molecule has 0 saturated carbocycles. The Labute approximate surface area is 153 Å². The third-order valence-electron chi connectivity index (χ3n) is 4.20. The molecular formula is C19H25N3O4. The minimum atomic E-state index is -0.624. The first-order chi connectivity index (χ1) is 12.4. The van der Waals surface area contributed by atoms with Crippen molar-refractivity contribution in [3.8, 4) is 11.5 Å². The maximum Gasteiger partial charge on any atom is 0.348 e. The second-order valence-electron chi connectivity index (χ2n) is 6.10. The number of carbonyl (C=O) groups excluding carboxylic acids is 1. The highest BCUT2D eigenvalue weighted by molar-refractivity contribution is 5.79. The fraction of sp³-hybridized carbons (Fsp3) is 0.421. The molecular weight excluding hydrogens is 334 g/mol. The molecule has 1 atom stereocenters. The van der Waals surface area contributed by atoms with E-state index in [0.717, 1.165) is 5.56 Å². The molecule has 0 bridgehead atoms. The van der Waals surface area contributed by atoms with Gasteiger partial charge in [0.2, 0.25) is 5.91 Å². The minimum Gasteiger partial charge on any atom is -0.493 e. The van der Waals surface area contributed by atoms with E-state index in [1.54, 1.807) is 41.1 Å². The van der Waals surface area contributed by atoms with Gasteiger partial charge in [-0.25, -0.2) is 4.79 Å². The number of methoxy groups -OCH3 is 2. The van der Waals surface area contributed by atoms with Crippen molar-refractivity contribution in [2.24, 2.45) is 0 Å². The van der Waals surface area contributed by atoms with Crippen LogP contribution in [0, 0.1) is 13.8 Å². The van der Waals surface area contributed by atoms with Crippen LogP contribution in [-0.4, -0.2) is 36.2 Å². The molecule has 0 fully saturated rings. The van der Waals surface area contributed by atoms with Gasteiger partial charge in [0, 0.05) is 17.9 Å². The number of ether oxygens (including phenoxy) is 2. The average molecular weight is 359 g/mol. The third-order valence-corrected chi connectivity index (χ3v) is 4.20. The number of hydrogen-bond donors (Lipinski definition) is 1. The van der Waals surface area contributed by atoms with Crippen LogP contribution in [0.5, 0.6) is 11.5 Å². The highest BCUT2D eigenvalue weighted by atomic mass is 16.5. The van der Waals surface area contributed by atoms with Gasteiger partial charge in [-0.2, -0.15) is 4.98 Å². The van der Waals surface area contributed by atoms with Crippen LogP contribution in [0.15, 0.2) is 29.1 Å². The van der Waals surface area contributed by atoms with E-state index < -0.39 is 11.7 Å². The van der Waals surface area contributed by atoms with E-state index in [2.05, 4.69) is 10.3 Å². The maximum atomic E-state index is 12.4. The van der Waals surface area contributed by atoms with Gasteiger partial charge in [0.1, 0.15) is 6.04 Å². The molecule has 1 amide bonds. The van der Waals surface area contributed by atoms with Gasteiger partial charge >= 0.3 is 5.69 Å². The molecule has 140 valence electrons. The first-order valence-corrected chi connectivity index (χ1v) is 8.42. The van der Waals surface area contributed by atoms with Gasteiger partial charge in [-0.1, -0.05) is 6.07 Å². The number of nitrogens with one attached hydrogen (secondary N) is 1. The Morgan fingerprint density at radius 1 is 1.19 bits per heavy atom. The van der Waals surface area contributed by atoms with Gasteiger partial charge in [-0.15, -0.1) is 0 Å². The molecule has 0 aliphatic heterocycles. The van der Waals surface area contributed by atoms with E-state index in [9.17, 15) is 9.59 Å². The Morgan fingerprint density at radius 3 is 2.50 bits per heavy atom. The number of hydrogen-bond acceptors (Lipinski definition) is 5. The largest absolute Gasteiger partial charge is 0.493 e. The van der Waals surface area contributed by atoms with Crippen LogP contribution in [0.4, 0.5) is 0 Å². The van der Waals surface area contributed by atoms with Gasteiger partial charge in [-0.05, 0) is 51.0 Å². The van der Waals surface area contributed by atoms with Crippen molar-refractivity contribution < 1.29 is 14.3 Å². The van der Waals surface area contributed by atoms with Gasteiger partial charge in [0.25, 0.3) is 0 Å². The van der Waals surface area contributed by atoms with Crippen LogP contribution >= 0.6 is 0 Å². The van der Waals surface area contributed by atoms with E-state index in [0.29, 0.717) is 35.9 Å². The Morgan fingerprint density at radius 2 is 1.88 bits per heavy atom. The van der Waals surface area contributed by atoms with E-state index in [1.165, 1.54) is 4.57 Å². The summed E-state index contributed by atoms with van der Waals surface area (Å²) in [6, 6.07) is 6.80. The van der Waals surface area contributed by atoms with Crippen molar-refractivity contribution in [3.63, 3.8) is 0 Å². The van der Waals surface area contributed by atoms with E-state index in [-0.39, 0.29) is 5.91 Å². The Hall–Kier alpha value is -2.83. The molecule has 7 nitrogen and oxygen atoms in total. The molecule has 2 aromatic rings. The molecule has 1 aromatic carbocycles. The number of amides is 1. The van der Waals surface area contributed by atoms with Crippen molar-refractivity contribution in [2.45, 2.75) is 33.2 Å². The molecule has 1 aromatic heterocycles. The van der Waals surface area contributed by atoms with Crippen LogP contribution in [0.3, 0.4) is 0 Å². The monoisotopic (exact) mass is 359 g/mol. The fourth-order valence-corrected chi connectivity index (χ4v) is 2.86. The smallest absolute Gasteiger partial charge is 0.348 e. The van der Waals surface area contributed by atoms with E-state index in [4.69, 9.17) is 9.47 Å². The number of carbonyl (C=O) groups is 1. The molecule has 0 aliphatic rings. The number of aromatic nitrogens is 2. The summed E-state index contributed by atoms with van der Waals surface area (Å²) < 4.78 is 11.9. The van der Waals surface area contributed by atoms with Crippen molar-refractivity contribution in [1.82, 2.24) is 14.9 Å². The van der Waals surface area contributed by atoms with Crippen molar-refractivity contribution in [1.29, 1.82) is 0 Å². The maximum absolute atomic E-state index is 12.4. The first kappa shape index (κ1) is 19.5. The lowest BCUT2D eigenvalue weighted by Gasteiger charge is -2.17. The number of benzene rings is 1. The van der Waals surface area contributed by atoms with Crippen LogP contribution < -0.4 is 20.5 Å². The normalized spacial score (nSPS) is 11.7. The van der Waals surface area contributed by atoms with Crippen molar-refractivity contribution >= 4 is 5.91 Å². The SMILES string of the molecule is COc1ccc(CCNC(=O)C(C)n2c(C)cc(C)nc2=O)cc1OC. The summed E-state index contributed by atoms with van der Waals surface area (Å²) in [4.78, 5) is 28.4. The molecule has 7 heteroatoms. The summed E-state index contributed by atoms with van der Waals surface area (Å²) in [7, 11) is 3.17. The van der Waals surface area contributed by atoms with Crippen molar-refractivity contribution in [2.75, 3.05) is 20.8 Å². The zero-order valence-electron chi connectivity index (χ0n) is 15.8. The highest BCUT2D eigenvalue weighted by Crippen LogP contribution is 2.27.